The van der Waals surface area contributed by atoms with Crippen molar-refractivity contribution in [2.24, 2.45) is 17.8 Å². The highest BCUT2D eigenvalue weighted by molar-refractivity contribution is 5.95. The first-order chi connectivity index (χ1) is 11.1. The molecular weight excluding hydrogens is 294 g/mol. The average molecular weight is 313 g/mol. The van der Waals surface area contributed by atoms with E-state index in [4.69, 9.17) is 4.74 Å². The summed E-state index contributed by atoms with van der Waals surface area (Å²) >= 11 is 0. The van der Waals surface area contributed by atoms with Crippen molar-refractivity contribution < 1.29 is 14.6 Å². The normalized spacial score (nSPS) is 25.9. The van der Waals surface area contributed by atoms with Gasteiger partial charge in [-0.2, -0.15) is 0 Å². The van der Waals surface area contributed by atoms with Crippen LogP contribution in [0.25, 0.3) is 11.3 Å². The summed E-state index contributed by atoms with van der Waals surface area (Å²) in [6.45, 7) is 4.50. The predicted molar refractivity (Wildman–Crippen MR) is 83.1 cm³/mol. The van der Waals surface area contributed by atoms with Crippen LogP contribution in [0.4, 0.5) is 0 Å². The SMILES string of the molecule is Cc1ccc(C(=O)O)c(-c2cn(CC3C4CCOCC43)nn2)c1. The minimum absolute atomic E-state index is 0.260. The van der Waals surface area contributed by atoms with Gasteiger partial charge in [0.25, 0.3) is 0 Å². The number of carboxylic acids is 1. The van der Waals surface area contributed by atoms with Crippen molar-refractivity contribution in [3.63, 3.8) is 0 Å². The molecule has 6 heteroatoms. The van der Waals surface area contributed by atoms with Gasteiger partial charge in [0.2, 0.25) is 0 Å². The van der Waals surface area contributed by atoms with Gasteiger partial charge in [-0.25, -0.2) is 4.79 Å². The van der Waals surface area contributed by atoms with Gasteiger partial charge in [0.15, 0.2) is 0 Å². The Hall–Kier alpha value is -2.21. The largest absolute Gasteiger partial charge is 0.478 e. The number of aromatic nitrogens is 3. The lowest BCUT2D eigenvalue weighted by molar-refractivity contribution is 0.0697. The van der Waals surface area contributed by atoms with Gasteiger partial charge in [0, 0.05) is 25.3 Å². The molecule has 4 rings (SSSR count). The minimum atomic E-state index is -0.945. The van der Waals surface area contributed by atoms with E-state index in [1.165, 1.54) is 0 Å². The lowest BCUT2D eigenvalue weighted by Crippen LogP contribution is -2.07. The van der Waals surface area contributed by atoms with Crippen LogP contribution in [0.15, 0.2) is 24.4 Å². The van der Waals surface area contributed by atoms with E-state index in [2.05, 4.69) is 10.3 Å². The van der Waals surface area contributed by atoms with Crippen LogP contribution in [0, 0.1) is 24.7 Å². The quantitative estimate of drug-likeness (QED) is 0.936. The van der Waals surface area contributed by atoms with Crippen LogP contribution in [0.3, 0.4) is 0 Å². The number of hydrogen-bond donors (Lipinski definition) is 1. The standard InChI is InChI=1S/C17H19N3O3/c1-10-2-3-12(17(21)22)13(6-10)16-8-20(19-18-16)7-14-11-4-5-23-9-15(11)14/h2-3,6,8,11,14-15H,4-5,7,9H2,1H3,(H,21,22). The number of rotatable bonds is 4. The molecule has 6 nitrogen and oxygen atoms in total. The molecule has 120 valence electrons. The Morgan fingerprint density at radius 2 is 2.30 bits per heavy atom. The van der Waals surface area contributed by atoms with Crippen LogP contribution in [0.1, 0.15) is 22.3 Å². The fourth-order valence-corrected chi connectivity index (χ4v) is 3.69. The third kappa shape index (κ3) is 2.63. The third-order valence-electron chi connectivity index (χ3n) is 5.03. The molecule has 2 aliphatic rings. The number of fused-ring (bicyclic) bond motifs is 1. The fourth-order valence-electron chi connectivity index (χ4n) is 3.69. The van der Waals surface area contributed by atoms with Gasteiger partial charge in [0.05, 0.1) is 11.8 Å². The molecule has 23 heavy (non-hydrogen) atoms. The van der Waals surface area contributed by atoms with Gasteiger partial charge in [-0.15, -0.1) is 5.10 Å². The Bertz CT molecular complexity index is 743. The highest BCUT2D eigenvalue weighted by atomic mass is 16.5. The molecule has 0 radical (unpaired) electrons. The van der Waals surface area contributed by atoms with Crippen molar-refractivity contribution in [2.75, 3.05) is 13.2 Å². The molecule has 1 saturated carbocycles. The first-order valence-electron chi connectivity index (χ1n) is 7.95. The van der Waals surface area contributed by atoms with Crippen molar-refractivity contribution in [1.29, 1.82) is 0 Å². The van der Waals surface area contributed by atoms with Gasteiger partial charge >= 0.3 is 5.97 Å². The molecule has 3 atom stereocenters. The van der Waals surface area contributed by atoms with Crippen molar-refractivity contribution in [2.45, 2.75) is 19.9 Å². The molecule has 1 N–H and O–H groups in total. The molecule has 0 amide bonds. The topological polar surface area (TPSA) is 77.2 Å². The lowest BCUT2D eigenvalue weighted by atomic mass is 10.0. The van der Waals surface area contributed by atoms with Crippen LogP contribution in [0.2, 0.25) is 0 Å². The van der Waals surface area contributed by atoms with Gasteiger partial charge in [0.1, 0.15) is 5.69 Å². The minimum Gasteiger partial charge on any atom is -0.478 e. The van der Waals surface area contributed by atoms with E-state index < -0.39 is 5.97 Å². The number of carbonyl (C=O) groups is 1. The zero-order valence-corrected chi connectivity index (χ0v) is 13.0. The van der Waals surface area contributed by atoms with E-state index in [9.17, 15) is 9.90 Å². The highest BCUT2D eigenvalue weighted by Gasteiger charge is 2.51. The van der Waals surface area contributed by atoms with Crippen molar-refractivity contribution in [1.82, 2.24) is 15.0 Å². The van der Waals surface area contributed by atoms with Crippen molar-refractivity contribution in [3.8, 4) is 11.3 Å². The zero-order valence-electron chi connectivity index (χ0n) is 13.0. The Labute approximate surface area is 134 Å². The lowest BCUT2D eigenvalue weighted by Gasteiger charge is -2.07. The van der Waals surface area contributed by atoms with Gasteiger partial charge in [-0.3, -0.25) is 4.68 Å². The van der Waals surface area contributed by atoms with E-state index in [0.717, 1.165) is 37.7 Å². The summed E-state index contributed by atoms with van der Waals surface area (Å²) in [5, 5.41) is 17.7. The maximum Gasteiger partial charge on any atom is 0.336 e. The maximum absolute atomic E-state index is 11.4. The Morgan fingerprint density at radius 3 is 3.04 bits per heavy atom. The Balaban J connectivity index is 1.56. The summed E-state index contributed by atoms with van der Waals surface area (Å²) in [6, 6.07) is 5.27. The number of nitrogens with zero attached hydrogens (tertiary/aromatic N) is 3. The molecule has 1 saturated heterocycles. The summed E-state index contributed by atoms with van der Waals surface area (Å²) in [4.78, 5) is 11.4. The van der Waals surface area contributed by atoms with E-state index in [1.807, 2.05) is 23.9 Å². The highest BCUT2D eigenvalue weighted by Crippen LogP contribution is 2.51. The van der Waals surface area contributed by atoms with Crippen LogP contribution in [0.5, 0.6) is 0 Å². The maximum atomic E-state index is 11.4. The Kier molecular flexibility index (Phi) is 3.41. The second-order valence-corrected chi connectivity index (χ2v) is 6.54. The number of aryl methyl sites for hydroxylation is 1. The van der Waals surface area contributed by atoms with Gasteiger partial charge < -0.3 is 9.84 Å². The number of carboxylic acid groups (broad SMARTS) is 1. The third-order valence-corrected chi connectivity index (χ3v) is 5.03. The summed E-state index contributed by atoms with van der Waals surface area (Å²) in [5.41, 5.74) is 2.51. The first-order valence-corrected chi connectivity index (χ1v) is 7.95. The molecule has 1 aliphatic heterocycles. The summed E-state index contributed by atoms with van der Waals surface area (Å²) < 4.78 is 7.35. The molecule has 3 unspecified atom stereocenters. The van der Waals surface area contributed by atoms with Gasteiger partial charge in [-0.05, 0) is 43.2 Å². The molecular formula is C17H19N3O3. The molecule has 0 bridgehead atoms. The fraction of sp³-hybridized carbons (Fsp3) is 0.471. The van der Waals surface area contributed by atoms with Crippen LogP contribution in [-0.4, -0.2) is 39.3 Å². The van der Waals surface area contributed by atoms with E-state index in [-0.39, 0.29) is 5.56 Å². The van der Waals surface area contributed by atoms with E-state index in [1.54, 1.807) is 12.1 Å². The van der Waals surface area contributed by atoms with Crippen molar-refractivity contribution >= 4 is 5.97 Å². The Morgan fingerprint density at radius 1 is 1.43 bits per heavy atom. The zero-order chi connectivity index (χ0) is 16.0. The van der Waals surface area contributed by atoms with Crippen LogP contribution in [-0.2, 0) is 11.3 Å². The second kappa shape index (κ2) is 5.45. The smallest absolute Gasteiger partial charge is 0.336 e. The molecule has 1 aliphatic carbocycles. The number of aromatic carboxylic acids is 1. The summed E-state index contributed by atoms with van der Waals surface area (Å²) in [5.74, 6) is 1.08. The summed E-state index contributed by atoms with van der Waals surface area (Å²) in [6.07, 6.45) is 2.99. The van der Waals surface area contributed by atoms with Crippen LogP contribution >= 0.6 is 0 Å². The number of ether oxygens (including phenoxy) is 1. The average Bonchev–Trinajstić information content (AvgIpc) is 3.01. The monoisotopic (exact) mass is 313 g/mol. The summed E-state index contributed by atoms with van der Waals surface area (Å²) in [7, 11) is 0. The molecule has 0 spiro atoms. The van der Waals surface area contributed by atoms with Crippen molar-refractivity contribution in [3.05, 3.63) is 35.5 Å². The second-order valence-electron chi connectivity index (χ2n) is 6.54. The molecule has 1 aromatic carbocycles. The first kappa shape index (κ1) is 14.4. The number of hydrogen-bond acceptors (Lipinski definition) is 4. The number of benzene rings is 1. The molecule has 2 aromatic rings. The van der Waals surface area contributed by atoms with E-state index >= 15 is 0 Å². The van der Waals surface area contributed by atoms with E-state index in [0.29, 0.717) is 23.1 Å². The molecule has 1 aromatic heterocycles. The molecule has 2 fully saturated rings. The van der Waals surface area contributed by atoms with Crippen LogP contribution < -0.4 is 0 Å². The van der Waals surface area contributed by atoms with Gasteiger partial charge in [-0.1, -0.05) is 16.8 Å². The predicted octanol–water partition coefficient (Wildman–Crippen LogP) is 2.23. The molecule has 2 heterocycles.